The van der Waals surface area contributed by atoms with Crippen LogP contribution in [0.25, 0.3) is 10.2 Å². The fourth-order valence-corrected chi connectivity index (χ4v) is 4.03. The van der Waals surface area contributed by atoms with E-state index in [1.807, 2.05) is 35.8 Å². The quantitative estimate of drug-likeness (QED) is 0.522. The molecule has 0 unspecified atom stereocenters. The normalized spacial score (nSPS) is 11.9. The maximum absolute atomic E-state index is 12.3. The molecule has 27 heavy (non-hydrogen) atoms. The van der Waals surface area contributed by atoms with Crippen LogP contribution in [0.4, 0.5) is 0 Å². The van der Waals surface area contributed by atoms with Gasteiger partial charge in [-0.3, -0.25) is 4.79 Å². The van der Waals surface area contributed by atoms with E-state index in [0.717, 1.165) is 10.2 Å². The Morgan fingerprint density at radius 2 is 2.04 bits per heavy atom. The molecule has 0 fully saturated rings. The minimum atomic E-state index is -0.391. The molecular formula is C19H18Cl2N2O3S. The van der Waals surface area contributed by atoms with Crippen LogP contribution in [0.2, 0.25) is 10.0 Å². The molecule has 142 valence electrons. The van der Waals surface area contributed by atoms with Gasteiger partial charge < -0.3 is 14.0 Å². The van der Waals surface area contributed by atoms with E-state index >= 15 is 0 Å². The topological polar surface area (TPSA) is 52.8 Å². The lowest BCUT2D eigenvalue weighted by Crippen LogP contribution is -2.21. The van der Waals surface area contributed by atoms with Gasteiger partial charge in [0.05, 0.1) is 21.8 Å². The van der Waals surface area contributed by atoms with Gasteiger partial charge in [-0.15, -0.1) is 0 Å². The molecule has 3 aromatic rings. The highest BCUT2D eigenvalue weighted by Crippen LogP contribution is 2.27. The van der Waals surface area contributed by atoms with Crippen molar-refractivity contribution in [3.63, 3.8) is 0 Å². The number of nitrogens with zero attached hydrogens (tertiary/aromatic N) is 2. The second kappa shape index (κ2) is 9.37. The van der Waals surface area contributed by atoms with Crippen molar-refractivity contribution in [1.29, 1.82) is 0 Å². The van der Waals surface area contributed by atoms with Crippen molar-refractivity contribution in [2.75, 3.05) is 19.8 Å². The first-order valence-electron chi connectivity index (χ1n) is 8.40. The maximum atomic E-state index is 12.3. The number of amides is 1. The van der Waals surface area contributed by atoms with Crippen molar-refractivity contribution in [1.82, 2.24) is 4.57 Å². The molecular weight excluding hydrogens is 407 g/mol. The fraction of sp³-hybridized carbons (Fsp3) is 0.263. The van der Waals surface area contributed by atoms with Gasteiger partial charge in [0.1, 0.15) is 5.75 Å². The monoisotopic (exact) mass is 424 g/mol. The van der Waals surface area contributed by atoms with Gasteiger partial charge in [0.25, 0.3) is 5.91 Å². The van der Waals surface area contributed by atoms with E-state index in [4.69, 9.17) is 32.7 Å². The number of ether oxygens (including phenoxy) is 2. The molecule has 1 amide bonds. The lowest BCUT2D eigenvalue weighted by Gasteiger charge is -2.06. The summed E-state index contributed by atoms with van der Waals surface area (Å²) in [4.78, 5) is 17.2. The second-order valence-corrected chi connectivity index (χ2v) is 7.42. The molecule has 0 aliphatic carbocycles. The zero-order chi connectivity index (χ0) is 19.2. The molecule has 0 saturated carbocycles. The number of hydrogen-bond acceptors (Lipinski definition) is 4. The van der Waals surface area contributed by atoms with Crippen LogP contribution < -0.4 is 9.54 Å². The molecule has 0 aliphatic rings. The third-order valence-corrected chi connectivity index (χ3v) is 5.31. The van der Waals surface area contributed by atoms with E-state index in [9.17, 15) is 4.79 Å². The number of carbonyl (C=O) groups is 1. The highest BCUT2D eigenvalue weighted by atomic mass is 35.5. The molecule has 0 saturated heterocycles. The summed E-state index contributed by atoms with van der Waals surface area (Å²) in [6.45, 7) is 3.55. The third kappa shape index (κ3) is 5.11. The van der Waals surface area contributed by atoms with Gasteiger partial charge in [-0.1, -0.05) is 46.7 Å². The van der Waals surface area contributed by atoms with Gasteiger partial charge in [0.2, 0.25) is 0 Å². The van der Waals surface area contributed by atoms with Crippen LogP contribution in [-0.4, -0.2) is 30.3 Å². The van der Waals surface area contributed by atoms with Crippen LogP contribution in [-0.2, 0) is 16.1 Å². The van der Waals surface area contributed by atoms with Crippen molar-refractivity contribution in [2.24, 2.45) is 4.99 Å². The van der Waals surface area contributed by atoms with E-state index in [2.05, 4.69) is 4.99 Å². The molecule has 1 heterocycles. The van der Waals surface area contributed by atoms with Gasteiger partial charge >= 0.3 is 0 Å². The third-order valence-electron chi connectivity index (χ3n) is 3.72. The number of hydrogen-bond donors (Lipinski definition) is 0. The van der Waals surface area contributed by atoms with Crippen LogP contribution >= 0.6 is 34.5 Å². The molecule has 3 rings (SSSR count). The number of rotatable bonds is 7. The summed E-state index contributed by atoms with van der Waals surface area (Å²) in [5, 5.41) is 0.855. The summed E-state index contributed by atoms with van der Waals surface area (Å²) in [6.07, 6.45) is 0. The van der Waals surface area contributed by atoms with Gasteiger partial charge in [-0.05, 0) is 37.3 Å². The average Bonchev–Trinajstić information content (AvgIpc) is 2.98. The molecule has 0 aliphatic heterocycles. The lowest BCUT2D eigenvalue weighted by molar-refractivity contribution is -0.120. The molecule has 0 spiro atoms. The molecule has 5 nitrogen and oxygen atoms in total. The van der Waals surface area contributed by atoms with Crippen LogP contribution in [0.5, 0.6) is 5.75 Å². The Morgan fingerprint density at radius 1 is 1.22 bits per heavy atom. The first kappa shape index (κ1) is 19.9. The summed E-state index contributed by atoms with van der Waals surface area (Å²) in [7, 11) is 0. The minimum absolute atomic E-state index is 0.207. The zero-order valence-electron chi connectivity index (χ0n) is 14.7. The zero-order valence-corrected chi connectivity index (χ0v) is 17.0. The smallest absolute Gasteiger partial charge is 0.286 e. The number of halogens is 2. The molecule has 0 bridgehead atoms. The number of benzene rings is 2. The molecule has 0 N–H and O–H groups in total. The Bertz CT molecular complexity index is 1010. The number of thiazole rings is 1. The number of fused-ring (bicyclic) bond motifs is 1. The summed E-state index contributed by atoms with van der Waals surface area (Å²) in [6, 6.07) is 12.8. The van der Waals surface area contributed by atoms with Crippen LogP contribution in [0.1, 0.15) is 6.92 Å². The first-order chi connectivity index (χ1) is 13.1. The highest BCUT2D eigenvalue weighted by Gasteiger charge is 2.09. The van der Waals surface area contributed by atoms with E-state index in [-0.39, 0.29) is 6.61 Å². The summed E-state index contributed by atoms with van der Waals surface area (Å²) >= 11 is 13.4. The Balaban J connectivity index is 1.81. The SMILES string of the molecule is CCOCCn1c(=NC(=O)COc2ccc(Cl)cc2Cl)sc2ccccc21. The van der Waals surface area contributed by atoms with E-state index in [1.54, 1.807) is 18.2 Å². The molecule has 8 heteroatoms. The Morgan fingerprint density at radius 3 is 2.81 bits per heavy atom. The predicted molar refractivity (Wildman–Crippen MR) is 109 cm³/mol. The van der Waals surface area contributed by atoms with Crippen molar-refractivity contribution >= 4 is 50.7 Å². The lowest BCUT2D eigenvalue weighted by atomic mass is 10.3. The molecule has 1 aromatic heterocycles. The summed E-state index contributed by atoms with van der Waals surface area (Å²) < 4.78 is 14.0. The van der Waals surface area contributed by atoms with Gasteiger partial charge in [0, 0.05) is 18.2 Å². The van der Waals surface area contributed by atoms with E-state index < -0.39 is 5.91 Å². The Labute approximate surface area is 170 Å². The Kier molecular flexibility index (Phi) is 6.90. The van der Waals surface area contributed by atoms with Crippen molar-refractivity contribution in [2.45, 2.75) is 13.5 Å². The number of para-hydroxylation sites is 1. The Hall–Kier alpha value is -1.86. The average molecular weight is 425 g/mol. The largest absolute Gasteiger partial charge is 0.482 e. The van der Waals surface area contributed by atoms with E-state index in [0.29, 0.717) is 40.4 Å². The summed E-state index contributed by atoms with van der Waals surface area (Å²) in [5.41, 5.74) is 1.02. The predicted octanol–water partition coefficient (Wildman–Crippen LogP) is 4.55. The summed E-state index contributed by atoms with van der Waals surface area (Å²) in [5.74, 6) is 0.00270. The van der Waals surface area contributed by atoms with Crippen molar-refractivity contribution in [3.8, 4) is 5.75 Å². The van der Waals surface area contributed by atoms with Crippen molar-refractivity contribution in [3.05, 3.63) is 57.3 Å². The van der Waals surface area contributed by atoms with Gasteiger partial charge in [-0.25, -0.2) is 0 Å². The highest BCUT2D eigenvalue weighted by molar-refractivity contribution is 7.16. The van der Waals surface area contributed by atoms with Crippen LogP contribution in [0, 0.1) is 0 Å². The van der Waals surface area contributed by atoms with Gasteiger partial charge in [-0.2, -0.15) is 4.99 Å². The number of aromatic nitrogens is 1. The standard InChI is InChI=1S/C19H18Cl2N2O3S/c1-2-25-10-9-23-15-5-3-4-6-17(15)27-19(23)22-18(24)12-26-16-8-7-13(20)11-14(16)21/h3-8,11H,2,9-10,12H2,1H3. The second-order valence-electron chi connectivity index (χ2n) is 5.57. The van der Waals surface area contributed by atoms with Crippen LogP contribution in [0.15, 0.2) is 47.5 Å². The number of carbonyl (C=O) groups excluding carboxylic acids is 1. The van der Waals surface area contributed by atoms with E-state index in [1.165, 1.54) is 11.3 Å². The molecule has 0 radical (unpaired) electrons. The molecule has 0 atom stereocenters. The minimum Gasteiger partial charge on any atom is -0.482 e. The first-order valence-corrected chi connectivity index (χ1v) is 9.97. The fourth-order valence-electron chi connectivity index (χ4n) is 2.49. The van der Waals surface area contributed by atoms with Crippen molar-refractivity contribution < 1.29 is 14.3 Å². The maximum Gasteiger partial charge on any atom is 0.286 e. The molecule has 2 aromatic carbocycles. The van der Waals surface area contributed by atoms with Crippen LogP contribution in [0.3, 0.4) is 0 Å². The van der Waals surface area contributed by atoms with Gasteiger partial charge in [0.15, 0.2) is 11.4 Å².